The van der Waals surface area contributed by atoms with Crippen LogP contribution >= 0.6 is 11.3 Å². The molecule has 1 aromatic rings. The third kappa shape index (κ3) is 3.59. The smallest absolute Gasteiger partial charge is 0.299 e. The van der Waals surface area contributed by atoms with Gasteiger partial charge in [-0.15, -0.1) is 11.3 Å². The zero-order chi connectivity index (χ0) is 14.9. The summed E-state index contributed by atoms with van der Waals surface area (Å²) in [5.41, 5.74) is 0.929. The van der Waals surface area contributed by atoms with Gasteiger partial charge in [-0.05, 0) is 39.5 Å². The van der Waals surface area contributed by atoms with Gasteiger partial charge in [0.05, 0.1) is 18.0 Å². The van der Waals surface area contributed by atoms with Crippen molar-refractivity contribution in [2.45, 2.75) is 52.1 Å². The van der Waals surface area contributed by atoms with Crippen LogP contribution in [0.2, 0.25) is 0 Å². The minimum absolute atomic E-state index is 0.0411. The van der Waals surface area contributed by atoms with E-state index in [1.54, 1.807) is 0 Å². The van der Waals surface area contributed by atoms with Gasteiger partial charge in [-0.25, -0.2) is 4.98 Å². The van der Waals surface area contributed by atoms with Crippen molar-refractivity contribution in [2.75, 3.05) is 0 Å². The molecule has 1 aliphatic carbocycles. The second-order valence-corrected chi connectivity index (χ2v) is 6.77. The zero-order valence-electron chi connectivity index (χ0n) is 11.6. The molecule has 1 fully saturated rings. The maximum atomic E-state index is 12.6. The van der Waals surface area contributed by atoms with Crippen molar-refractivity contribution in [1.82, 2.24) is 4.98 Å². The number of halogens is 3. The molecule has 0 aromatic carbocycles. The Bertz CT molecular complexity index is 468. The normalized spacial score (nSPS) is 23.9. The summed E-state index contributed by atoms with van der Waals surface area (Å²) in [6.07, 6.45) is -2.98. The topological polar surface area (TPSA) is 30.0 Å². The average Bonchev–Trinajstić information content (AvgIpc) is 2.67. The quantitative estimate of drug-likeness (QED) is 0.836. The second kappa shape index (κ2) is 5.84. The number of nitrogens with zero attached hydrogens (tertiary/aromatic N) is 1. The summed E-state index contributed by atoms with van der Waals surface area (Å²) >= 11 is 1.50. The third-order valence-corrected chi connectivity index (χ3v) is 5.12. The summed E-state index contributed by atoms with van der Waals surface area (Å²) in [6.45, 7) is 3.85. The SMILES string of the molecule is Cc1nc(CC(=O)C2CCC(C(F)(F)F)CC2)sc1C. The highest BCUT2D eigenvalue weighted by molar-refractivity contribution is 7.11. The van der Waals surface area contributed by atoms with Crippen LogP contribution in [0.25, 0.3) is 0 Å². The van der Waals surface area contributed by atoms with E-state index in [1.807, 2.05) is 13.8 Å². The summed E-state index contributed by atoms with van der Waals surface area (Å²) in [4.78, 5) is 17.5. The number of aryl methyl sites for hydroxylation is 2. The van der Waals surface area contributed by atoms with Gasteiger partial charge in [-0.2, -0.15) is 13.2 Å². The molecular formula is C14H18F3NOS. The Balaban J connectivity index is 1.89. The second-order valence-electron chi connectivity index (χ2n) is 5.48. The van der Waals surface area contributed by atoms with E-state index in [9.17, 15) is 18.0 Å². The average molecular weight is 305 g/mol. The van der Waals surface area contributed by atoms with E-state index >= 15 is 0 Å². The molecule has 1 saturated carbocycles. The molecule has 0 bridgehead atoms. The Morgan fingerprint density at radius 1 is 1.25 bits per heavy atom. The first kappa shape index (κ1) is 15.5. The van der Waals surface area contributed by atoms with E-state index < -0.39 is 12.1 Å². The maximum Gasteiger partial charge on any atom is 0.391 e. The predicted octanol–water partition coefficient (Wildman–Crippen LogP) is 4.24. The molecule has 2 nitrogen and oxygen atoms in total. The van der Waals surface area contributed by atoms with Gasteiger partial charge in [-0.1, -0.05) is 0 Å². The third-order valence-electron chi connectivity index (χ3n) is 4.04. The molecule has 20 heavy (non-hydrogen) atoms. The number of carbonyl (C=O) groups excluding carboxylic acids is 1. The van der Waals surface area contributed by atoms with Crippen LogP contribution in [0.15, 0.2) is 0 Å². The number of carbonyl (C=O) groups is 1. The number of hydrogen-bond donors (Lipinski definition) is 0. The molecule has 0 unspecified atom stereocenters. The lowest BCUT2D eigenvalue weighted by Gasteiger charge is -2.28. The van der Waals surface area contributed by atoms with Gasteiger partial charge in [0.25, 0.3) is 0 Å². The van der Waals surface area contributed by atoms with E-state index in [-0.39, 0.29) is 31.0 Å². The predicted molar refractivity (Wildman–Crippen MR) is 71.8 cm³/mol. The van der Waals surface area contributed by atoms with Gasteiger partial charge in [0.1, 0.15) is 10.8 Å². The number of Topliss-reactive ketones (excluding diaryl/α,β-unsaturated/α-hetero) is 1. The molecule has 1 aromatic heterocycles. The molecule has 112 valence electrons. The molecule has 0 aliphatic heterocycles. The van der Waals surface area contributed by atoms with Gasteiger partial charge >= 0.3 is 6.18 Å². The molecule has 2 rings (SSSR count). The van der Waals surface area contributed by atoms with Crippen molar-refractivity contribution < 1.29 is 18.0 Å². The highest BCUT2D eigenvalue weighted by Crippen LogP contribution is 2.40. The number of aromatic nitrogens is 1. The molecule has 1 heterocycles. The molecule has 0 radical (unpaired) electrons. The Morgan fingerprint density at radius 2 is 1.85 bits per heavy atom. The fraction of sp³-hybridized carbons (Fsp3) is 0.714. The Kier molecular flexibility index (Phi) is 4.52. The standard InChI is InChI=1S/C14H18F3NOS/c1-8-9(2)20-13(18-8)7-12(19)10-3-5-11(6-4-10)14(15,16)17/h10-11H,3-7H2,1-2H3. The minimum atomic E-state index is -4.11. The zero-order valence-corrected chi connectivity index (χ0v) is 12.4. The fourth-order valence-corrected chi connectivity index (χ4v) is 3.59. The maximum absolute atomic E-state index is 12.6. The Labute approximate surface area is 120 Å². The van der Waals surface area contributed by atoms with Crippen LogP contribution in [0.1, 0.15) is 41.3 Å². The molecule has 1 aliphatic rings. The van der Waals surface area contributed by atoms with Crippen LogP contribution in [0.3, 0.4) is 0 Å². The van der Waals surface area contributed by atoms with E-state index in [0.717, 1.165) is 15.6 Å². The van der Waals surface area contributed by atoms with Gasteiger partial charge in [0.15, 0.2) is 0 Å². The number of alkyl halides is 3. The summed E-state index contributed by atoms with van der Waals surface area (Å²) in [6, 6.07) is 0. The highest BCUT2D eigenvalue weighted by Gasteiger charge is 2.42. The Morgan fingerprint density at radius 3 is 2.30 bits per heavy atom. The number of thiazole rings is 1. The fourth-order valence-electron chi connectivity index (χ4n) is 2.65. The summed E-state index contributed by atoms with van der Waals surface area (Å²) < 4.78 is 37.7. The van der Waals surface area contributed by atoms with Crippen LogP contribution in [-0.4, -0.2) is 16.9 Å². The molecule has 0 N–H and O–H groups in total. The first-order valence-electron chi connectivity index (χ1n) is 6.79. The molecule has 0 spiro atoms. The van der Waals surface area contributed by atoms with E-state index in [4.69, 9.17) is 0 Å². The van der Waals surface area contributed by atoms with E-state index in [0.29, 0.717) is 12.8 Å². The van der Waals surface area contributed by atoms with Crippen LogP contribution in [0.4, 0.5) is 13.2 Å². The lowest BCUT2D eigenvalue weighted by atomic mass is 9.79. The van der Waals surface area contributed by atoms with Crippen molar-refractivity contribution in [3.05, 3.63) is 15.6 Å². The highest BCUT2D eigenvalue weighted by atomic mass is 32.1. The molecule has 6 heteroatoms. The van der Waals surface area contributed by atoms with E-state index in [2.05, 4.69) is 4.98 Å². The molecule has 0 atom stereocenters. The monoisotopic (exact) mass is 305 g/mol. The van der Waals surface area contributed by atoms with Gasteiger partial charge in [-0.3, -0.25) is 4.79 Å². The summed E-state index contributed by atoms with van der Waals surface area (Å²) in [7, 11) is 0. The molecule has 0 saturated heterocycles. The van der Waals surface area contributed by atoms with Crippen molar-refractivity contribution in [1.29, 1.82) is 0 Å². The van der Waals surface area contributed by atoms with Gasteiger partial charge < -0.3 is 0 Å². The van der Waals surface area contributed by atoms with Crippen LogP contribution in [-0.2, 0) is 11.2 Å². The largest absolute Gasteiger partial charge is 0.391 e. The lowest BCUT2D eigenvalue weighted by Crippen LogP contribution is -2.30. The van der Waals surface area contributed by atoms with Crippen molar-refractivity contribution in [3.63, 3.8) is 0 Å². The van der Waals surface area contributed by atoms with Gasteiger partial charge in [0, 0.05) is 10.8 Å². The van der Waals surface area contributed by atoms with Crippen LogP contribution in [0.5, 0.6) is 0 Å². The van der Waals surface area contributed by atoms with Gasteiger partial charge in [0.2, 0.25) is 0 Å². The van der Waals surface area contributed by atoms with Crippen molar-refractivity contribution in [2.24, 2.45) is 11.8 Å². The molecule has 0 amide bonds. The number of hydrogen-bond acceptors (Lipinski definition) is 3. The van der Waals surface area contributed by atoms with E-state index in [1.165, 1.54) is 11.3 Å². The first-order chi connectivity index (χ1) is 9.27. The van der Waals surface area contributed by atoms with Crippen molar-refractivity contribution in [3.8, 4) is 0 Å². The van der Waals surface area contributed by atoms with Crippen LogP contribution < -0.4 is 0 Å². The number of rotatable bonds is 3. The van der Waals surface area contributed by atoms with Crippen molar-refractivity contribution >= 4 is 17.1 Å². The summed E-state index contributed by atoms with van der Waals surface area (Å²) in [5, 5.41) is 0.781. The summed E-state index contributed by atoms with van der Waals surface area (Å²) in [5.74, 6) is -1.41. The number of ketones is 1. The first-order valence-corrected chi connectivity index (χ1v) is 7.61. The minimum Gasteiger partial charge on any atom is -0.299 e. The Hall–Kier alpha value is -0.910. The van der Waals surface area contributed by atoms with Crippen LogP contribution in [0, 0.1) is 25.7 Å². The molecular weight excluding hydrogens is 287 g/mol. The lowest BCUT2D eigenvalue weighted by molar-refractivity contribution is -0.184.